The lowest BCUT2D eigenvalue weighted by atomic mass is 9.69. The maximum absolute atomic E-state index is 13.6. The highest BCUT2D eigenvalue weighted by Gasteiger charge is 2.47. The van der Waals surface area contributed by atoms with Crippen LogP contribution >= 0.6 is 15.9 Å². The number of rotatable bonds is 5. The molecule has 166 valence electrons. The molecule has 6 nitrogen and oxygen atoms in total. The van der Waals surface area contributed by atoms with E-state index < -0.39 is 23.8 Å². The van der Waals surface area contributed by atoms with Gasteiger partial charge < -0.3 is 14.8 Å². The van der Waals surface area contributed by atoms with Gasteiger partial charge in [-0.1, -0.05) is 48.0 Å². The molecule has 3 rings (SSSR count). The molecule has 1 aromatic rings. The summed E-state index contributed by atoms with van der Waals surface area (Å²) in [6.45, 7) is 7.46. The lowest BCUT2D eigenvalue weighted by molar-refractivity contribution is -0.151. The van der Waals surface area contributed by atoms with Gasteiger partial charge in [0, 0.05) is 27.4 Å². The summed E-state index contributed by atoms with van der Waals surface area (Å²) in [5.41, 5.74) is 3.00. The number of nitrogens with one attached hydrogen (secondary N) is 1. The molecule has 1 aliphatic carbocycles. The summed E-state index contributed by atoms with van der Waals surface area (Å²) >= 11 is 3.58. The van der Waals surface area contributed by atoms with Crippen LogP contribution in [0.1, 0.15) is 52.0 Å². The van der Waals surface area contributed by atoms with Crippen molar-refractivity contribution in [2.75, 3.05) is 7.11 Å². The fraction of sp³-hybridized carbons (Fsp3) is 0.458. The van der Waals surface area contributed by atoms with E-state index in [9.17, 15) is 14.4 Å². The van der Waals surface area contributed by atoms with Crippen LogP contribution in [0.2, 0.25) is 0 Å². The molecule has 1 N–H and O–H groups in total. The zero-order chi connectivity index (χ0) is 22.9. The Hall–Kier alpha value is -2.41. The van der Waals surface area contributed by atoms with Crippen LogP contribution in [0, 0.1) is 11.8 Å². The van der Waals surface area contributed by atoms with E-state index in [1.54, 1.807) is 0 Å². The number of allylic oxidation sites excluding steroid dienone is 3. The zero-order valence-corrected chi connectivity index (χ0v) is 20.0. The first-order valence-corrected chi connectivity index (χ1v) is 11.3. The molecule has 0 saturated heterocycles. The van der Waals surface area contributed by atoms with Gasteiger partial charge in [-0.2, -0.15) is 0 Å². The van der Waals surface area contributed by atoms with E-state index in [-0.39, 0.29) is 17.8 Å². The van der Waals surface area contributed by atoms with Gasteiger partial charge in [0.1, 0.15) is 5.92 Å². The van der Waals surface area contributed by atoms with Crippen LogP contribution in [-0.2, 0) is 23.9 Å². The summed E-state index contributed by atoms with van der Waals surface area (Å²) < 4.78 is 11.4. The molecule has 7 heteroatoms. The van der Waals surface area contributed by atoms with Gasteiger partial charge in [-0.3, -0.25) is 9.59 Å². The molecule has 0 amide bonds. The van der Waals surface area contributed by atoms with Crippen molar-refractivity contribution in [3.05, 3.63) is 56.8 Å². The first kappa shape index (κ1) is 23.3. The number of dihydropyridines is 1. The summed E-state index contributed by atoms with van der Waals surface area (Å²) in [5, 5.41) is 3.27. The van der Waals surface area contributed by atoms with Crippen LogP contribution in [0.5, 0.6) is 0 Å². The number of hydrogen-bond donors (Lipinski definition) is 1. The molecule has 31 heavy (non-hydrogen) atoms. The summed E-state index contributed by atoms with van der Waals surface area (Å²) in [6, 6.07) is 7.49. The minimum Gasteiger partial charge on any atom is -0.468 e. The van der Waals surface area contributed by atoms with Gasteiger partial charge in [-0.05, 0) is 44.2 Å². The molecule has 0 unspecified atom stereocenters. The van der Waals surface area contributed by atoms with Crippen molar-refractivity contribution in [2.24, 2.45) is 11.8 Å². The van der Waals surface area contributed by atoms with Crippen molar-refractivity contribution in [3.8, 4) is 0 Å². The number of esters is 2. The van der Waals surface area contributed by atoms with Gasteiger partial charge >= 0.3 is 11.9 Å². The highest BCUT2D eigenvalue weighted by molar-refractivity contribution is 9.10. The molecule has 1 aromatic carbocycles. The molecule has 1 heterocycles. The summed E-state index contributed by atoms with van der Waals surface area (Å²) in [6.07, 6.45) is 0.931. The van der Waals surface area contributed by atoms with Crippen molar-refractivity contribution < 1.29 is 23.9 Å². The van der Waals surface area contributed by atoms with E-state index in [1.165, 1.54) is 7.11 Å². The van der Waals surface area contributed by atoms with E-state index in [0.29, 0.717) is 29.7 Å². The molecule has 0 bridgehead atoms. The molecule has 0 saturated carbocycles. The molecular formula is C24H28BrNO5. The van der Waals surface area contributed by atoms with Gasteiger partial charge in [0.2, 0.25) is 0 Å². The number of hydrogen-bond acceptors (Lipinski definition) is 6. The summed E-state index contributed by atoms with van der Waals surface area (Å²) in [5.74, 6) is -3.09. The largest absolute Gasteiger partial charge is 0.468 e. The molecule has 0 radical (unpaired) electrons. The lowest BCUT2D eigenvalue weighted by Gasteiger charge is -2.38. The smallest absolute Gasteiger partial charge is 0.337 e. The molecule has 0 fully saturated rings. The van der Waals surface area contributed by atoms with Crippen molar-refractivity contribution in [1.82, 2.24) is 5.32 Å². The van der Waals surface area contributed by atoms with Gasteiger partial charge in [0.05, 0.1) is 18.8 Å². The van der Waals surface area contributed by atoms with Crippen LogP contribution in [0.15, 0.2) is 51.3 Å². The van der Waals surface area contributed by atoms with Crippen LogP contribution < -0.4 is 5.32 Å². The number of methoxy groups -OCH3 is 1. The van der Waals surface area contributed by atoms with E-state index >= 15 is 0 Å². The number of halogens is 1. The van der Waals surface area contributed by atoms with Gasteiger partial charge in [0.15, 0.2) is 5.78 Å². The molecule has 1 aliphatic heterocycles. The second kappa shape index (κ2) is 9.39. The minimum atomic E-state index is -0.902. The van der Waals surface area contributed by atoms with E-state index in [4.69, 9.17) is 9.47 Å². The first-order chi connectivity index (χ1) is 14.7. The standard InChI is InChI=1S/C24H28BrNO5/c1-6-13(3)31-24(29)19-14(4)26-17-11-12(2)18(23(28)30-5)22(27)21(17)20(19)15-9-7-8-10-16(15)25/h7-10,12-13,18,20,26H,6,11H2,1-5H3/t12-,13-,18+,20-/m0/s1. The second-order valence-electron chi connectivity index (χ2n) is 8.18. The number of carbonyl (C=O) groups excluding carboxylic acids is 3. The fourth-order valence-corrected chi connectivity index (χ4v) is 4.81. The Kier molecular flexibility index (Phi) is 7.04. The highest BCUT2D eigenvalue weighted by Crippen LogP contribution is 2.47. The predicted octanol–water partition coefficient (Wildman–Crippen LogP) is 4.40. The van der Waals surface area contributed by atoms with E-state index in [2.05, 4.69) is 21.2 Å². The Bertz CT molecular complexity index is 980. The average Bonchev–Trinajstić information content (AvgIpc) is 2.72. The van der Waals surface area contributed by atoms with Crippen molar-refractivity contribution >= 4 is 33.7 Å². The second-order valence-corrected chi connectivity index (χ2v) is 9.04. The molecular weight excluding hydrogens is 462 g/mol. The minimum absolute atomic E-state index is 0.215. The van der Waals surface area contributed by atoms with Crippen molar-refractivity contribution in [3.63, 3.8) is 0 Å². The molecule has 0 spiro atoms. The summed E-state index contributed by atoms with van der Waals surface area (Å²) in [4.78, 5) is 39.3. The van der Waals surface area contributed by atoms with Crippen LogP contribution in [0.4, 0.5) is 0 Å². The fourth-order valence-electron chi connectivity index (χ4n) is 4.30. The van der Waals surface area contributed by atoms with Crippen LogP contribution in [0.25, 0.3) is 0 Å². The Morgan fingerprint density at radius 1 is 1.29 bits per heavy atom. The highest BCUT2D eigenvalue weighted by atomic mass is 79.9. The number of carbonyl (C=O) groups is 3. The average molecular weight is 490 g/mol. The number of ketones is 1. The third-order valence-corrected chi connectivity index (χ3v) is 6.78. The third-order valence-electron chi connectivity index (χ3n) is 6.06. The van der Waals surface area contributed by atoms with E-state index in [0.717, 1.165) is 15.7 Å². The molecule has 2 aliphatic rings. The first-order valence-electron chi connectivity index (χ1n) is 10.5. The van der Waals surface area contributed by atoms with Gasteiger partial charge in [-0.15, -0.1) is 0 Å². The van der Waals surface area contributed by atoms with Crippen LogP contribution in [0.3, 0.4) is 0 Å². The Balaban J connectivity index is 2.18. The van der Waals surface area contributed by atoms with E-state index in [1.807, 2.05) is 52.0 Å². The maximum atomic E-state index is 13.6. The number of Topliss-reactive ketones (excluding diaryl/α,β-unsaturated/α-hetero) is 1. The number of benzene rings is 1. The third kappa shape index (κ3) is 4.33. The normalized spacial score (nSPS) is 24.3. The maximum Gasteiger partial charge on any atom is 0.337 e. The number of ether oxygens (including phenoxy) is 2. The monoisotopic (exact) mass is 489 g/mol. The van der Waals surface area contributed by atoms with Crippen LogP contribution in [-0.4, -0.2) is 30.9 Å². The van der Waals surface area contributed by atoms with Crippen molar-refractivity contribution in [1.29, 1.82) is 0 Å². The predicted molar refractivity (Wildman–Crippen MR) is 120 cm³/mol. The Morgan fingerprint density at radius 2 is 1.97 bits per heavy atom. The molecule has 4 atom stereocenters. The zero-order valence-electron chi connectivity index (χ0n) is 18.5. The SMILES string of the molecule is CC[C@H](C)OC(=O)C1=C(C)NC2=C(C(=O)[C@H](C(=O)OC)[C@@H](C)C2)[C@H]1c1ccccc1Br. The lowest BCUT2D eigenvalue weighted by Crippen LogP contribution is -2.43. The Labute approximate surface area is 191 Å². The quantitative estimate of drug-likeness (QED) is 0.487. The Morgan fingerprint density at radius 3 is 2.58 bits per heavy atom. The van der Waals surface area contributed by atoms with Gasteiger partial charge in [0.25, 0.3) is 0 Å². The topological polar surface area (TPSA) is 81.7 Å². The van der Waals surface area contributed by atoms with Crippen molar-refractivity contribution in [2.45, 2.75) is 52.6 Å². The molecule has 0 aromatic heterocycles. The van der Waals surface area contributed by atoms with Gasteiger partial charge in [-0.25, -0.2) is 4.79 Å². The summed E-state index contributed by atoms with van der Waals surface area (Å²) in [7, 11) is 1.29.